The second-order valence-corrected chi connectivity index (χ2v) is 1.54. The van der Waals surface area contributed by atoms with Gasteiger partial charge in [0.1, 0.15) is 0 Å². The molecule has 0 aromatic heterocycles. The van der Waals surface area contributed by atoms with Crippen molar-refractivity contribution in [2.24, 2.45) is 0 Å². The molecule has 6 N–H and O–H groups in total. The van der Waals surface area contributed by atoms with Crippen molar-refractivity contribution in [1.82, 2.24) is 6.15 Å². The maximum atomic E-state index is 8.88. The molecule has 0 aliphatic carbocycles. The predicted octanol–water partition coefficient (Wildman–Crippen LogP) is -1.69. The monoisotopic (exact) mass is 204 g/mol. The van der Waals surface area contributed by atoms with E-state index in [9.17, 15) is 0 Å². The maximum absolute atomic E-state index is 8.88. The van der Waals surface area contributed by atoms with Gasteiger partial charge in [0.15, 0.2) is 0 Å². The zero-order valence-electron chi connectivity index (χ0n) is 3.21. The van der Waals surface area contributed by atoms with Crippen molar-refractivity contribution >= 4 is 30.9 Å². The minimum atomic E-state index is -4.64. The van der Waals surface area contributed by atoms with Crippen LogP contribution in [0.1, 0.15) is 0 Å². The molecule has 0 aliphatic heterocycles. The van der Waals surface area contributed by atoms with Crippen LogP contribution in [0.25, 0.3) is 0 Å². The van der Waals surface area contributed by atoms with E-state index in [1.807, 2.05) is 0 Å². The van der Waals surface area contributed by atoms with Gasteiger partial charge in [-0.25, -0.2) is 4.57 Å². The molecule has 8 heteroatoms. The first-order valence-electron chi connectivity index (χ1n) is 0.783. The van der Waals surface area contributed by atoms with Gasteiger partial charge in [-0.15, -0.1) is 0 Å². The molecule has 0 bridgehead atoms. The van der Waals surface area contributed by atoms with Crippen molar-refractivity contribution in [3.8, 4) is 0 Å². The van der Waals surface area contributed by atoms with E-state index in [0.717, 1.165) is 0 Å². The normalized spacial score (nSPS) is 7.38. The van der Waals surface area contributed by atoms with E-state index in [-0.39, 0.29) is 46.3 Å². The van der Waals surface area contributed by atoms with E-state index >= 15 is 0 Å². The van der Waals surface area contributed by atoms with Crippen LogP contribution in [0.4, 0.5) is 0 Å². The molecule has 8 heavy (non-hydrogen) atoms. The molecule has 0 saturated carbocycles. The molecule has 5 nitrogen and oxygen atoms in total. The first-order chi connectivity index (χ1) is 2.00. The summed E-state index contributed by atoms with van der Waals surface area (Å²) < 4.78 is 8.88. The zero-order chi connectivity index (χ0) is 4.50. The van der Waals surface area contributed by atoms with E-state index in [0.29, 0.717) is 0 Å². The van der Waals surface area contributed by atoms with Gasteiger partial charge < -0.3 is 20.8 Å². The Morgan fingerprint density at radius 3 is 1.12 bits per heavy atom. The Kier molecular flexibility index (Phi) is 23.8. The molecule has 0 aliphatic rings. The summed E-state index contributed by atoms with van der Waals surface area (Å²) in [6.07, 6.45) is 0. The topological polar surface area (TPSA) is 113 Å². The van der Waals surface area contributed by atoms with Crippen molar-refractivity contribution in [1.29, 1.82) is 0 Å². The third-order valence-electron chi connectivity index (χ3n) is 0. The molecule has 0 spiro atoms. The minimum absolute atomic E-state index is 0. The average Bonchev–Trinajstić information content (AvgIpc) is 0.722. The summed E-state index contributed by atoms with van der Waals surface area (Å²) in [7, 11) is -4.64. The van der Waals surface area contributed by atoms with Crippen LogP contribution in [0.2, 0.25) is 0 Å². The van der Waals surface area contributed by atoms with Crippen LogP contribution in [-0.2, 0) is 21.6 Å². The molecule has 0 heterocycles. The fourth-order valence-corrected chi connectivity index (χ4v) is 0. The summed E-state index contributed by atoms with van der Waals surface area (Å²) in [6, 6.07) is 0. The molecule has 0 saturated heterocycles. The average molecular weight is 205 g/mol. The molecule has 0 amide bonds. The van der Waals surface area contributed by atoms with E-state index in [1.54, 1.807) is 0 Å². The summed E-state index contributed by atoms with van der Waals surface area (Å²) in [5.41, 5.74) is 0. The molecule has 55 valence electrons. The Bertz CT molecular complexity index is 62.2. The Morgan fingerprint density at radius 1 is 1.12 bits per heavy atom. The molecule has 0 fully saturated rings. The Morgan fingerprint density at radius 2 is 1.12 bits per heavy atom. The van der Waals surface area contributed by atoms with E-state index in [2.05, 4.69) is 0 Å². The van der Waals surface area contributed by atoms with Gasteiger partial charge in [0, 0.05) is 17.1 Å². The van der Waals surface area contributed by atoms with Crippen LogP contribution in [0.15, 0.2) is 0 Å². The Balaban J connectivity index is -0.0000000267. The molecule has 0 aromatic carbocycles. The van der Waals surface area contributed by atoms with Crippen LogP contribution in [-0.4, -0.2) is 37.7 Å². The van der Waals surface area contributed by atoms with Gasteiger partial charge in [-0.1, -0.05) is 0 Å². The van der Waals surface area contributed by atoms with E-state index in [4.69, 9.17) is 19.2 Å². The first kappa shape index (κ1) is 22.8. The van der Waals surface area contributed by atoms with Crippen LogP contribution in [0, 0.1) is 0 Å². The van der Waals surface area contributed by atoms with Gasteiger partial charge in [-0.3, -0.25) is 0 Å². The van der Waals surface area contributed by atoms with E-state index in [1.165, 1.54) is 0 Å². The van der Waals surface area contributed by atoms with Gasteiger partial charge in [0.05, 0.1) is 0 Å². The van der Waals surface area contributed by atoms with E-state index < -0.39 is 7.82 Å². The molecule has 0 rings (SSSR count). The van der Waals surface area contributed by atoms with Gasteiger partial charge in [0.25, 0.3) is 0 Å². The molecule has 0 unspecified atom stereocenters. The number of rotatable bonds is 0. The van der Waals surface area contributed by atoms with Gasteiger partial charge >= 0.3 is 30.9 Å². The molecule has 0 atom stereocenters. The van der Waals surface area contributed by atoms with Crippen molar-refractivity contribution < 1.29 is 36.3 Å². The molecule has 0 aromatic rings. The number of hydrogen-bond donors (Lipinski definition) is 4. The molecular formula is H8CuMgNO4P. The summed E-state index contributed by atoms with van der Waals surface area (Å²) in [4.78, 5) is 21.6. The predicted molar refractivity (Wildman–Crippen MR) is 27.8 cm³/mol. The zero-order valence-corrected chi connectivity index (χ0v) is 5.04. The first-order valence-corrected chi connectivity index (χ1v) is 2.35. The van der Waals surface area contributed by atoms with Crippen molar-refractivity contribution in [3.05, 3.63) is 0 Å². The minimum Gasteiger partial charge on any atom is -0.344 e. The maximum Gasteiger partial charge on any atom is 0.466 e. The largest absolute Gasteiger partial charge is 0.466 e. The van der Waals surface area contributed by atoms with Crippen LogP contribution in [0.5, 0.6) is 0 Å². The number of hydrogen-bond acceptors (Lipinski definition) is 2. The second kappa shape index (κ2) is 8.36. The van der Waals surface area contributed by atoms with Gasteiger partial charge in [-0.2, -0.15) is 0 Å². The van der Waals surface area contributed by atoms with Crippen LogP contribution >= 0.6 is 7.82 Å². The number of phosphoric acid groups is 1. The van der Waals surface area contributed by atoms with Crippen LogP contribution in [0.3, 0.4) is 0 Å². The Labute approximate surface area is 73.3 Å². The molecule has 1 radical (unpaired) electrons. The third-order valence-corrected chi connectivity index (χ3v) is 0. The quantitative estimate of drug-likeness (QED) is 0.278. The van der Waals surface area contributed by atoms with Gasteiger partial charge in [-0.05, 0) is 0 Å². The standard InChI is InChI=1S/Cu.Mg.H3N.H3O4P.2H/c;;;1-5(2,3)4;;/h;;1H3;(H3,1,2,3,4);;. The van der Waals surface area contributed by atoms with Crippen LogP contribution < -0.4 is 6.15 Å². The van der Waals surface area contributed by atoms with Gasteiger partial charge in [0.2, 0.25) is 0 Å². The summed E-state index contributed by atoms with van der Waals surface area (Å²) in [6.45, 7) is 0. The molecular weight excluding hydrogens is 197 g/mol. The summed E-state index contributed by atoms with van der Waals surface area (Å²) in [5, 5.41) is 0. The summed E-state index contributed by atoms with van der Waals surface area (Å²) >= 11 is 0. The third kappa shape index (κ3) is 162. The van der Waals surface area contributed by atoms with Crippen molar-refractivity contribution in [2.45, 2.75) is 0 Å². The smallest absolute Gasteiger partial charge is 0.344 e. The summed E-state index contributed by atoms with van der Waals surface area (Å²) in [5.74, 6) is 0. The second-order valence-electron chi connectivity index (χ2n) is 0.513. The fraction of sp³-hybridized carbons (Fsp3) is 0. The van der Waals surface area contributed by atoms with Crippen molar-refractivity contribution in [3.63, 3.8) is 0 Å². The Hall–Kier alpha value is 1.36. The fourth-order valence-electron chi connectivity index (χ4n) is 0. The SMILES string of the molecule is N.O=P(O)(O)O.[Cu].[MgH2]. The van der Waals surface area contributed by atoms with Crippen molar-refractivity contribution in [2.75, 3.05) is 0 Å².